The van der Waals surface area contributed by atoms with Crippen LogP contribution in [-0.4, -0.2) is 0 Å². The molecule has 0 amide bonds. The quantitative estimate of drug-likeness (QED) is 0.197. The van der Waals surface area contributed by atoms with Gasteiger partial charge >= 0.3 is 0 Å². The number of hydrogen-bond acceptors (Lipinski definition) is 1. The van der Waals surface area contributed by atoms with Crippen LogP contribution in [0, 0.1) is 0 Å². The molecule has 6 aromatic rings. The predicted molar refractivity (Wildman–Crippen MR) is 191 cm³/mol. The maximum atomic E-state index is 2.55. The molecule has 2 aliphatic heterocycles. The minimum absolute atomic E-state index is 0.0711. The van der Waals surface area contributed by atoms with Crippen LogP contribution in [0.15, 0.2) is 121 Å². The van der Waals surface area contributed by atoms with Crippen molar-refractivity contribution in [1.82, 2.24) is 0 Å². The fraction of sp³-hybridized carbons (Fsp3) is 0.182. The van der Waals surface area contributed by atoms with E-state index in [0.29, 0.717) is 0 Å². The first-order valence-electron chi connectivity index (χ1n) is 16.3. The summed E-state index contributed by atoms with van der Waals surface area (Å²) in [5.74, 6) is 0. The van der Waals surface area contributed by atoms with Crippen LogP contribution in [0.4, 0.5) is 17.1 Å². The second-order valence-electron chi connectivity index (χ2n) is 14.1. The molecule has 45 heavy (non-hydrogen) atoms. The molecule has 0 radical (unpaired) electrons. The Morgan fingerprint density at radius 1 is 0.533 bits per heavy atom. The number of nitrogens with zero attached hydrogens (tertiary/aromatic N) is 1. The number of aryl methyl sites for hydroxylation is 1. The Hall–Kier alpha value is -4.88. The third-order valence-electron chi connectivity index (χ3n) is 10.9. The minimum Gasteiger partial charge on any atom is -0.309 e. The van der Waals surface area contributed by atoms with Gasteiger partial charge in [0, 0.05) is 10.8 Å². The van der Waals surface area contributed by atoms with E-state index in [1.54, 1.807) is 0 Å². The summed E-state index contributed by atoms with van der Waals surface area (Å²) in [6, 6.07) is 43.6. The van der Waals surface area contributed by atoms with Crippen molar-refractivity contribution in [3.63, 3.8) is 0 Å². The van der Waals surface area contributed by atoms with Crippen LogP contribution in [0.3, 0.4) is 0 Å². The third kappa shape index (κ3) is 3.61. The highest BCUT2D eigenvalue weighted by Gasteiger charge is 2.45. The summed E-state index contributed by atoms with van der Waals surface area (Å²) in [7, 11) is 0. The molecule has 0 atom stereocenters. The summed E-state index contributed by atoms with van der Waals surface area (Å²) in [6.45, 7) is 9.57. The van der Waals surface area contributed by atoms with E-state index in [2.05, 4.69) is 160 Å². The molecule has 0 bridgehead atoms. The van der Waals surface area contributed by atoms with E-state index in [-0.39, 0.29) is 10.8 Å². The number of fused-ring (bicyclic) bond motifs is 7. The Kier molecular flexibility index (Phi) is 5.49. The monoisotopic (exact) mass is 579 g/mol. The zero-order valence-corrected chi connectivity index (χ0v) is 26.5. The molecule has 1 nitrogen and oxygen atoms in total. The van der Waals surface area contributed by atoms with Crippen molar-refractivity contribution in [2.24, 2.45) is 0 Å². The summed E-state index contributed by atoms with van der Waals surface area (Å²) >= 11 is 0. The topological polar surface area (TPSA) is 3.24 Å². The second kappa shape index (κ2) is 9.31. The van der Waals surface area contributed by atoms with Gasteiger partial charge in [0.2, 0.25) is 0 Å². The molecule has 0 spiro atoms. The first kappa shape index (κ1) is 26.5. The van der Waals surface area contributed by atoms with E-state index in [1.807, 2.05) is 0 Å². The van der Waals surface area contributed by atoms with Crippen LogP contribution in [0.1, 0.15) is 67.5 Å². The van der Waals surface area contributed by atoms with Gasteiger partial charge in [-0.15, -0.1) is 0 Å². The molecule has 6 aromatic carbocycles. The summed E-state index contributed by atoms with van der Waals surface area (Å²) < 4.78 is 0. The maximum Gasteiger partial charge on any atom is 0.0543 e. The van der Waals surface area contributed by atoms with E-state index in [0.717, 1.165) is 12.8 Å². The van der Waals surface area contributed by atoms with Gasteiger partial charge in [0.15, 0.2) is 0 Å². The number of para-hydroxylation sites is 2. The molecule has 0 N–H and O–H groups in total. The Balaban J connectivity index is 1.27. The van der Waals surface area contributed by atoms with Crippen LogP contribution < -0.4 is 4.90 Å². The van der Waals surface area contributed by atoms with Gasteiger partial charge in [0.1, 0.15) is 0 Å². The van der Waals surface area contributed by atoms with Gasteiger partial charge < -0.3 is 4.90 Å². The lowest BCUT2D eigenvalue weighted by molar-refractivity contribution is 0.597. The molecule has 9 rings (SSSR count). The van der Waals surface area contributed by atoms with Gasteiger partial charge in [-0.2, -0.15) is 0 Å². The molecule has 218 valence electrons. The Labute approximate surface area is 266 Å². The molecular formula is C44H37N. The van der Waals surface area contributed by atoms with E-state index in [9.17, 15) is 0 Å². The van der Waals surface area contributed by atoms with Crippen molar-refractivity contribution >= 4 is 33.9 Å². The fourth-order valence-corrected chi connectivity index (χ4v) is 8.54. The molecule has 0 aromatic heterocycles. The lowest BCUT2D eigenvalue weighted by Crippen LogP contribution is -2.38. The van der Waals surface area contributed by atoms with Gasteiger partial charge in [0.25, 0.3) is 0 Å². The number of rotatable bonds is 2. The molecule has 0 saturated carbocycles. The van der Waals surface area contributed by atoms with Crippen LogP contribution in [-0.2, 0) is 17.3 Å². The largest absolute Gasteiger partial charge is 0.309 e. The molecule has 1 aliphatic carbocycles. The Bertz CT molecular complexity index is 2230. The summed E-state index contributed by atoms with van der Waals surface area (Å²) in [5, 5.41) is 2.67. The van der Waals surface area contributed by atoms with Crippen LogP contribution in [0.25, 0.3) is 39.1 Å². The highest BCUT2D eigenvalue weighted by molar-refractivity contribution is 6.05. The normalized spacial score (nSPS) is 16.5. The number of allylic oxidation sites excluding steroid dienone is 1. The predicted octanol–water partition coefficient (Wildman–Crippen LogP) is 11.9. The second-order valence-corrected chi connectivity index (χ2v) is 14.1. The minimum atomic E-state index is -0.157. The molecule has 1 heteroatoms. The highest BCUT2D eigenvalue weighted by atomic mass is 15.2. The fourth-order valence-electron chi connectivity index (χ4n) is 8.54. The standard InChI is InChI=1S/C44H37N/c1-43(2)36-20-11-12-23-40(36)45-41-25-24-29(27-39(41)44(3,4)38-22-13-21-37(43)42(38)45)31-16-7-8-18-33(31)35-26-28-14-5-6-15-30(28)32-17-9-10-19-34(32)35/h6-13,15-27H,5,14H2,1-4H3. The van der Waals surface area contributed by atoms with E-state index in [1.165, 1.54) is 83.5 Å². The molecule has 2 heterocycles. The van der Waals surface area contributed by atoms with Crippen molar-refractivity contribution in [3.05, 3.63) is 155 Å². The lowest BCUT2D eigenvalue weighted by Gasteiger charge is -2.49. The van der Waals surface area contributed by atoms with Gasteiger partial charge in [-0.25, -0.2) is 0 Å². The van der Waals surface area contributed by atoms with Crippen molar-refractivity contribution < 1.29 is 0 Å². The van der Waals surface area contributed by atoms with Crippen molar-refractivity contribution in [2.75, 3.05) is 4.90 Å². The highest BCUT2D eigenvalue weighted by Crippen LogP contribution is 2.60. The van der Waals surface area contributed by atoms with E-state index >= 15 is 0 Å². The van der Waals surface area contributed by atoms with Gasteiger partial charge in [-0.05, 0) is 104 Å². The SMILES string of the molecule is CC1(C)c2ccccc2N2c3ccc(-c4ccccc4-c4cc5c(c6ccccc46)C=CCC5)cc3C(C)(C)c3cccc1c32. The zero-order chi connectivity index (χ0) is 30.5. The maximum absolute atomic E-state index is 2.55. The summed E-state index contributed by atoms with van der Waals surface area (Å²) in [6.07, 6.45) is 6.84. The first-order valence-corrected chi connectivity index (χ1v) is 16.3. The summed E-state index contributed by atoms with van der Waals surface area (Å²) in [5.41, 5.74) is 17.3. The average molecular weight is 580 g/mol. The zero-order valence-electron chi connectivity index (χ0n) is 26.5. The van der Waals surface area contributed by atoms with E-state index < -0.39 is 0 Å². The van der Waals surface area contributed by atoms with Gasteiger partial charge in [0.05, 0.1) is 17.1 Å². The average Bonchev–Trinajstić information content (AvgIpc) is 3.07. The van der Waals surface area contributed by atoms with Crippen LogP contribution >= 0.6 is 0 Å². The van der Waals surface area contributed by atoms with Gasteiger partial charge in [-0.3, -0.25) is 0 Å². The third-order valence-corrected chi connectivity index (χ3v) is 10.9. The molecule has 0 fully saturated rings. The number of hydrogen-bond donors (Lipinski definition) is 0. The smallest absolute Gasteiger partial charge is 0.0543 e. The Morgan fingerprint density at radius 2 is 1.18 bits per heavy atom. The number of anilines is 3. The van der Waals surface area contributed by atoms with Crippen LogP contribution in [0.5, 0.6) is 0 Å². The summed E-state index contributed by atoms with van der Waals surface area (Å²) in [4.78, 5) is 2.55. The van der Waals surface area contributed by atoms with Gasteiger partial charge in [-0.1, -0.05) is 131 Å². The van der Waals surface area contributed by atoms with Crippen molar-refractivity contribution in [3.8, 4) is 22.3 Å². The molecular weight excluding hydrogens is 542 g/mol. The molecule has 0 saturated heterocycles. The Morgan fingerprint density at radius 3 is 2.00 bits per heavy atom. The molecule has 3 aliphatic rings. The van der Waals surface area contributed by atoms with Crippen molar-refractivity contribution in [1.29, 1.82) is 0 Å². The first-order chi connectivity index (χ1) is 21.9. The van der Waals surface area contributed by atoms with Crippen LogP contribution in [0.2, 0.25) is 0 Å². The van der Waals surface area contributed by atoms with E-state index in [4.69, 9.17) is 0 Å². The molecule has 0 unspecified atom stereocenters. The number of benzene rings is 6. The lowest BCUT2D eigenvalue weighted by atomic mass is 9.66. The van der Waals surface area contributed by atoms with Crippen molar-refractivity contribution in [2.45, 2.75) is 51.4 Å².